The Bertz CT molecular complexity index is 907. The van der Waals surface area contributed by atoms with Crippen LogP contribution in [-0.4, -0.2) is 9.55 Å². The third-order valence-electron chi connectivity index (χ3n) is 3.59. The lowest BCUT2D eigenvalue weighted by molar-refractivity contribution is 0.660. The molecule has 5 heteroatoms. The van der Waals surface area contributed by atoms with Crippen LogP contribution in [0.1, 0.15) is 43.4 Å². The lowest BCUT2D eigenvalue weighted by Crippen LogP contribution is -2.38. The lowest BCUT2D eigenvalue weighted by atomic mass is 10.1. The summed E-state index contributed by atoms with van der Waals surface area (Å²) in [6, 6.07) is 6.19. The summed E-state index contributed by atoms with van der Waals surface area (Å²) >= 11 is 1.43. The first-order valence-electron chi connectivity index (χ1n) is 7.86. The fourth-order valence-electron chi connectivity index (χ4n) is 2.57. The molecule has 0 saturated heterocycles. The van der Waals surface area contributed by atoms with Crippen molar-refractivity contribution in [3.8, 4) is 11.8 Å². The average Bonchev–Trinajstić information content (AvgIpc) is 2.45. The molecule has 0 saturated carbocycles. The van der Waals surface area contributed by atoms with Gasteiger partial charge in [-0.2, -0.15) is 0 Å². The molecule has 1 aromatic carbocycles. The molecule has 0 amide bonds. The molecular formula is C19H22N2O2S. The van der Waals surface area contributed by atoms with Crippen molar-refractivity contribution in [1.82, 2.24) is 9.55 Å². The minimum atomic E-state index is -0.418. The molecule has 126 valence electrons. The van der Waals surface area contributed by atoms with Crippen molar-refractivity contribution in [2.24, 2.45) is 0 Å². The molecular weight excluding hydrogens is 320 g/mol. The first-order valence-corrected chi connectivity index (χ1v) is 8.68. The van der Waals surface area contributed by atoms with E-state index in [2.05, 4.69) is 22.9 Å². The van der Waals surface area contributed by atoms with Gasteiger partial charge in [-0.25, -0.2) is 9.36 Å². The van der Waals surface area contributed by atoms with Gasteiger partial charge < -0.3 is 4.98 Å². The van der Waals surface area contributed by atoms with Crippen LogP contribution in [-0.2, 0) is 6.54 Å². The Labute approximate surface area is 146 Å². The van der Waals surface area contributed by atoms with Gasteiger partial charge in [0.1, 0.15) is 0 Å². The first kappa shape index (κ1) is 18.2. The Hall–Kier alpha value is -2.19. The summed E-state index contributed by atoms with van der Waals surface area (Å²) < 4.78 is 1.16. The summed E-state index contributed by atoms with van der Waals surface area (Å²) in [6.07, 6.45) is 0. The predicted octanol–water partition coefficient (Wildman–Crippen LogP) is 3.45. The molecule has 0 radical (unpaired) electrons. The Kier molecular flexibility index (Phi) is 5.74. The fourth-order valence-corrected chi connectivity index (χ4v) is 3.86. The summed E-state index contributed by atoms with van der Waals surface area (Å²) in [6.45, 7) is 9.77. The lowest BCUT2D eigenvalue weighted by Gasteiger charge is -2.14. The van der Waals surface area contributed by atoms with Gasteiger partial charge in [-0.05, 0) is 49.9 Å². The van der Waals surface area contributed by atoms with Crippen molar-refractivity contribution in [1.29, 1.82) is 0 Å². The van der Waals surface area contributed by atoms with E-state index in [9.17, 15) is 9.59 Å². The number of rotatable bonds is 4. The third kappa shape index (κ3) is 4.01. The van der Waals surface area contributed by atoms with Crippen LogP contribution in [0.5, 0.6) is 0 Å². The highest BCUT2D eigenvalue weighted by atomic mass is 32.2. The second kappa shape index (κ2) is 7.59. The van der Waals surface area contributed by atoms with Gasteiger partial charge in [0.25, 0.3) is 5.56 Å². The number of nitrogens with zero attached hydrogens (tertiary/aromatic N) is 1. The average molecular weight is 342 g/mol. The molecule has 2 rings (SSSR count). The van der Waals surface area contributed by atoms with E-state index in [1.165, 1.54) is 11.8 Å². The number of nitrogens with one attached hydrogen (secondary N) is 1. The van der Waals surface area contributed by atoms with Gasteiger partial charge in [-0.15, -0.1) is 5.92 Å². The highest BCUT2D eigenvalue weighted by Gasteiger charge is 2.17. The van der Waals surface area contributed by atoms with Gasteiger partial charge in [-0.3, -0.25) is 4.79 Å². The monoisotopic (exact) mass is 342 g/mol. The van der Waals surface area contributed by atoms with E-state index in [1.54, 1.807) is 6.92 Å². The van der Waals surface area contributed by atoms with Gasteiger partial charge in [0, 0.05) is 4.90 Å². The molecule has 1 N–H and O–H groups in total. The summed E-state index contributed by atoms with van der Waals surface area (Å²) in [5.41, 5.74) is 2.24. The van der Waals surface area contributed by atoms with Crippen molar-refractivity contribution in [3.63, 3.8) is 0 Å². The summed E-state index contributed by atoms with van der Waals surface area (Å²) in [5.74, 6) is 5.50. The highest BCUT2D eigenvalue weighted by Crippen LogP contribution is 2.31. The maximum atomic E-state index is 12.7. The van der Waals surface area contributed by atoms with Crippen LogP contribution >= 0.6 is 11.8 Å². The Balaban J connectivity index is 2.59. The van der Waals surface area contributed by atoms with Crippen molar-refractivity contribution in [2.45, 2.75) is 57.0 Å². The second-order valence-electron chi connectivity index (χ2n) is 6.07. The summed E-state index contributed by atoms with van der Waals surface area (Å²) in [5, 5.41) is 0.616. The predicted molar refractivity (Wildman–Crippen MR) is 98.9 cm³/mol. The third-order valence-corrected chi connectivity index (χ3v) is 4.59. The van der Waals surface area contributed by atoms with E-state index in [4.69, 9.17) is 0 Å². The number of benzene rings is 1. The number of aryl methyl sites for hydroxylation is 2. The number of hydrogen-bond acceptors (Lipinski definition) is 3. The molecule has 0 bridgehead atoms. The van der Waals surface area contributed by atoms with E-state index in [0.29, 0.717) is 10.6 Å². The highest BCUT2D eigenvalue weighted by molar-refractivity contribution is 7.99. The molecule has 24 heavy (non-hydrogen) atoms. The quantitative estimate of drug-likeness (QED) is 0.684. The molecule has 0 unspecified atom stereocenters. The molecule has 0 aliphatic heterocycles. The van der Waals surface area contributed by atoms with Crippen LogP contribution in [0.3, 0.4) is 0 Å². The molecule has 1 aromatic heterocycles. The van der Waals surface area contributed by atoms with Gasteiger partial charge >= 0.3 is 5.69 Å². The Morgan fingerprint density at radius 2 is 1.79 bits per heavy atom. The summed E-state index contributed by atoms with van der Waals surface area (Å²) in [4.78, 5) is 28.9. The van der Waals surface area contributed by atoms with Crippen molar-refractivity contribution in [2.75, 3.05) is 0 Å². The molecule has 2 aromatic rings. The smallest absolute Gasteiger partial charge is 0.301 e. The van der Waals surface area contributed by atoms with E-state index in [-0.39, 0.29) is 18.0 Å². The van der Waals surface area contributed by atoms with Crippen LogP contribution in [0.2, 0.25) is 0 Å². The van der Waals surface area contributed by atoms with Gasteiger partial charge in [-0.1, -0.05) is 37.6 Å². The molecule has 4 nitrogen and oxygen atoms in total. The Morgan fingerprint density at radius 1 is 1.17 bits per heavy atom. The minimum absolute atomic E-state index is 0.00333. The minimum Gasteiger partial charge on any atom is -0.301 e. The normalized spacial score (nSPS) is 10.6. The molecule has 0 aliphatic rings. The van der Waals surface area contributed by atoms with Gasteiger partial charge in [0.05, 0.1) is 17.1 Å². The van der Waals surface area contributed by atoms with Crippen LogP contribution < -0.4 is 11.2 Å². The topological polar surface area (TPSA) is 54.9 Å². The van der Waals surface area contributed by atoms with Crippen LogP contribution in [0.15, 0.2) is 37.7 Å². The van der Waals surface area contributed by atoms with Crippen molar-refractivity contribution < 1.29 is 0 Å². The number of aromatic amines is 1. The zero-order valence-corrected chi connectivity index (χ0v) is 15.5. The maximum Gasteiger partial charge on any atom is 0.330 e. The second-order valence-corrected chi connectivity index (χ2v) is 7.15. The SMILES string of the molecule is CC#CCn1c(=O)[nH]c(Sc2cc(C)cc(C)c2)c(C(C)C)c1=O. The molecule has 1 heterocycles. The van der Waals surface area contributed by atoms with Crippen LogP contribution in [0.25, 0.3) is 0 Å². The molecule has 0 spiro atoms. The van der Waals surface area contributed by atoms with Crippen molar-refractivity contribution >= 4 is 11.8 Å². The van der Waals surface area contributed by atoms with Gasteiger partial charge in [0.2, 0.25) is 0 Å². The van der Waals surface area contributed by atoms with Crippen molar-refractivity contribution in [3.05, 3.63) is 55.7 Å². The standard InChI is InChI=1S/C19H22N2O2S/c1-6-7-8-21-18(22)16(12(2)3)17(20-19(21)23)24-15-10-13(4)9-14(5)11-15/h9-12H,8H2,1-5H3,(H,20,23). The summed E-state index contributed by atoms with van der Waals surface area (Å²) in [7, 11) is 0. The number of H-pyrrole nitrogens is 1. The largest absolute Gasteiger partial charge is 0.330 e. The van der Waals surface area contributed by atoms with Crippen LogP contribution in [0.4, 0.5) is 0 Å². The van der Waals surface area contributed by atoms with E-state index in [1.807, 2.05) is 39.8 Å². The first-order chi connectivity index (χ1) is 11.3. The molecule has 0 aliphatic carbocycles. The van der Waals surface area contributed by atoms with Crippen LogP contribution in [0, 0.1) is 25.7 Å². The van der Waals surface area contributed by atoms with Gasteiger partial charge in [0.15, 0.2) is 0 Å². The van der Waals surface area contributed by atoms with E-state index in [0.717, 1.165) is 20.6 Å². The zero-order chi connectivity index (χ0) is 17.9. The molecule has 0 fully saturated rings. The Morgan fingerprint density at radius 3 is 2.33 bits per heavy atom. The number of hydrogen-bond donors (Lipinski definition) is 1. The fraction of sp³-hybridized carbons (Fsp3) is 0.368. The zero-order valence-electron chi connectivity index (χ0n) is 14.7. The number of aromatic nitrogens is 2. The van der Waals surface area contributed by atoms with E-state index < -0.39 is 5.69 Å². The molecule has 0 atom stereocenters. The maximum absolute atomic E-state index is 12.7. The van der Waals surface area contributed by atoms with E-state index >= 15 is 0 Å².